The van der Waals surface area contributed by atoms with Gasteiger partial charge < -0.3 is 10.2 Å². The summed E-state index contributed by atoms with van der Waals surface area (Å²) in [7, 11) is 0. The predicted molar refractivity (Wildman–Crippen MR) is 84.4 cm³/mol. The normalized spacial score (nSPS) is 22.5. The lowest BCUT2D eigenvalue weighted by molar-refractivity contribution is -0.137. The molecule has 0 spiro atoms. The number of benzene rings is 1. The first kappa shape index (κ1) is 16.9. The summed E-state index contributed by atoms with van der Waals surface area (Å²) < 4.78 is 38.2. The van der Waals surface area contributed by atoms with Crippen LogP contribution in [0.15, 0.2) is 34.1 Å². The van der Waals surface area contributed by atoms with Gasteiger partial charge >= 0.3 is 6.18 Å². The second-order valence-corrected chi connectivity index (χ2v) is 6.88. The van der Waals surface area contributed by atoms with E-state index in [1.807, 2.05) is 6.92 Å². The minimum absolute atomic E-state index is 0.110. The third-order valence-electron chi connectivity index (χ3n) is 4.09. The Balaban J connectivity index is 1.83. The second-order valence-electron chi connectivity index (χ2n) is 5.80. The van der Waals surface area contributed by atoms with Gasteiger partial charge in [-0.15, -0.1) is 0 Å². The Hall–Kier alpha value is -1.96. The molecule has 2 amide bonds. The summed E-state index contributed by atoms with van der Waals surface area (Å²) in [6, 6.07) is 3.30. The number of carbonyl (C=O) groups is 2. The lowest BCUT2D eigenvalue weighted by Gasteiger charge is -2.22. The fourth-order valence-corrected chi connectivity index (χ4v) is 3.69. The van der Waals surface area contributed by atoms with Crippen LogP contribution >= 0.6 is 11.8 Å². The van der Waals surface area contributed by atoms with Crippen LogP contribution in [-0.2, 0) is 15.8 Å². The third-order valence-corrected chi connectivity index (χ3v) is 5.19. The minimum atomic E-state index is -4.47. The number of alkyl halides is 3. The highest BCUT2D eigenvalue weighted by Crippen LogP contribution is 2.41. The molecule has 24 heavy (non-hydrogen) atoms. The van der Waals surface area contributed by atoms with Gasteiger partial charge in [0.25, 0.3) is 5.91 Å². The minimum Gasteiger partial charge on any atom is -0.336 e. The van der Waals surface area contributed by atoms with Crippen molar-refractivity contribution in [2.24, 2.45) is 0 Å². The molecule has 1 saturated heterocycles. The van der Waals surface area contributed by atoms with Crippen molar-refractivity contribution < 1.29 is 22.8 Å². The van der Waals surface area contributed by atoms with Crippen LogP contribution in [-0.4, -0.2) is 29.3 Å². The SMILES string of the molecule is CC1CCCN1C(=O)/C=C1/Sc2ccc(C(F)(F)F)cc2NC1=O. The Morgan fingerprint density at radius 1 is 1.42 bits per heavy atom. The molecule has 1 N–H and O–H groups in total. The van der Waals surface area contributed by atoms with Gasteiger partial charge in [-0.05, 0) is 38.0 Å². The molecule has 0 radical (unpaired) electrons. The van der Waals surface area contributed by atoms with E-state index in [0.29, 0.717) is 11.4 Å². The molecular formula is C16H15F3N2O2S. The van der Waals surface area contributed by atoms with Gasteiger partial charge in [0.15, 0.2) is 0 Å². The van der Waals surface area contributed by atoms with Crippen molar-refractivity contribution in [3.05, 3.63) is 34.7 Å². The molecule has 3 rings (SSSR count). The lowest BCUT2D eigenvalue weighted by Crippen LogP contribution is -2.33. The molecule has 2 aliphatic rings. The number of carbonyl (C=O) groups excluding carboxylic acids is 2. The molecule has 0 bridgehead atoms. The number of fused-ring (bicyclic) bond motifs is 1. The van der Waals surface area contributed by atoms with E-state index in [0.717, 1.165) is 36.7 Å². The van der Waals surface area contributed by atoms with Crippen molar-refractivity contribution in [2.45, 2.75) is 36.9 Å². The summed E-state index contributed by atoms with van der Waals surface area (Å²) in [5.41, 5.74) is -0.712. The van der Waals surface area contributed by atoms with Gasteiger partial charge in [-0.3, -0.25) is 9.59 Å². The van der Waals surface area contributed by atoms with Crippen molar-refractivity contribution in [1.29, 1.82) is 0 Å². The zero-order valence-corrected chi connectivity index (χ0v) is 13.6. The maximum absolute atomic E-state index is 12.7. The van der Waals surface area contributed by atoms with E-state index in [2.05, 4.69) is 5.32 Å². The van der Waals surface area contributed by atoms with Crippen LogP contribution in [0.4, 0.5) is 18.9 Å². The molecule has 0 saturated carbocycles. The maximum Gasteiger partial charge on any atom is 0.416 e. The molecule has 1 unspecified atom stereocenters. The standard InChI is InChI=1S/C16H15F3N2O2S/c1-9-3-2-6-21(9)14(22)8-13-15(23)20-11-7-10(16(17,18)19)4-5-12(11)24-13/h4-5,7-9H,2-3,6H2,1H3,(H,20,23)/b13-8+. The van der Waals surface area contributed by atoms with Gasteiger partial charge in [0, 0.05) is 23.6 Å². The average Bonchev–Trinajstić information content (AvgIpc) is 2.92. The Morgan fingerprint density at radius 2 is 2.17 bits per heavy atom. The number of nitrogens with one attached hydrogen (secondary N) is 1. The van der Waals surface area contributed by atoms with E-state index in [1.54, 1.807) is 4.90 Å². The first-order chi connectivity index (χ1) is 11.3. The lowest BCUT2D eigenvalue weighted by atomic mass is 10.2. The van der Waals surface area contributed by atoms with Gasteiger partial charge in [0.2, 0.25) is 5.91 Å². The smallest absolute Gasteiger partial charge is 0.336 e. The van der Waals surface area contributed by atoms with Crippen molar-refractivity contribution in [1.82, 2.24) is 4.90 Å². The number of anilines is 1. The first-order valence-electron chi connectivity index (χ1n) is 7.48. The summed E-state index contributed by atoms with van der Waals surface area (Å²) in [6.45, 7) is 2.60. The fourth-order valence-electron chi connectivity index (χ4n) is 2.79. The quantitative estimate of drug-likeness (QED) is 0.782. The Morgan fingerprint density at radius 3 is 2.79 bits per heavy atom. The van der Waals surface area contributed by atoms with Crippen LogP contribution in [0.25, 0.3) is 0 Å². The van der Waals surface area contributed by atoms with Crippen LogP contribution < -0.4 is 5.32 Å². The summed E-state index contributed by atoms with van der Waals surface area (Å²) in [6.07, 6.45) is -1.35. The van der Waals surface area contributed by atoms with Crippen LogP contribution in [0.1, 0.15) is 25.3 Å². The Bertz CT molecular complexity index is 731. The van der Waals surface area contributed by atoms with E-state index in [4.69, 9.17) is 0 Å². The monoisotopic (exact) mass is 356 g/mol. The fraction of sp³-hybridized carbons (Fsp3) is 0.375. The van der Waals surface area contributed by atoms with E-state index >= 15 is 0 Å². The summed E-state index contributed by atoms with van der Waals surface area (Å²) in [4.78, 5) is 26.7. The molecule has 1 fully saturated rings. The average molecular weight is 356 g/mol. The van der Waals surface area contributed by atoms with E-state index < -0.39 is 17.6 Å². The number of thioether (sulfide) groups is 1. The van der Waals surface area contributed by atoms with E-state index in [9.17, 15) is 22.8 Å². The summed E-state index contributed by atoms with van der Waals surface area (Å²) >= 11 is 1.01. The van der Waals surface area contributed by atoms with Crippen LogP contribution in [0.2, 0.25) is 0 Å². The highest BCUT2D eigenvalue weighted by molar-refractivity contribution is 8.04. The number of nitrogens with zero attached hydrogens (tertiary/aromatic N) is 1. The maximum atomic E-state index is 12.7. The predicted octanol–water partition coefficient (Wildman–Crippen LogP) is 3.64. The molecule has 1 aromatic carbocycles. The number of halogens is 3. The first-order valence-corrected chi connectivity index (χ1v) is 8.30. The topological polar surface area (TPSA) is 49.4 Å². The van der Waals surface area contributed by atoms with Crippen molar-refractivity contribution in [3.63, 3.8) is 0 Å². The number of hydrogen-bond acceptors (Lipinski definition) is 3. The second kappa shape index (κ2) is 6.16. The number of likely N-dealkylation sites (tertiary alicyclic amines) is 1. The number of rotatable bonds is 1. The van der Waals surface area contributed by atoms with Crippen LogP contribution in [0.5, 0.6) is 0 Å². The highest BCUT2D eigenvalue weighted by atomic mass is 32.2. The molecule has 2 heterocycles. The Kier molecular flexibility index (Phi) is 4.33. The van der Waals surface area contributed by atoms with Crippen molar-refractivity contribution in [3.8, 4) is 0 Å². The van der Waals surface area contributed by atoms with Gasteiger partial charge in [0.1, 0.15) is 0 Å². The van der Waals surface area contributed by atoms with Gasteiger partial charge in [-0.25, -0.2) is 0 Å². The zero-order chi connectivity index (χ0) is 17.5. The molecule has 1 atom stereocenters. The van der Waals surface area contributed by atoms with Crippen molar-refractivity contribution in [2.75, 3.05) is 11.9 Å². The van der Waals surface area contributed by atoms with Gasteiger partial charge in [-0.1, -0.05) is 11.8 Å². The largest absolute Gasteiger partial charge is 0.416 e. The molecule has 0 aromatic heterocycles. The van der Waals surface area contributed by atoms with Crippen LogP contribution in [0, 0.1) is 0 Å². The van der Waals surface area contributed by atoms with Crippen molar-refractivity contribution >= 4 is 29.3 Å². The van der Waals surface area contributed by atoms with E-state index in [-0.39, 0.29) is 22.5 Å². The molecular weight excluding hydrogens is 341 g/mol. The molecule has 1 aromatic rings. The molecule has 2 aliphatic heterocycles. The zero-order valence-electron chi connectivity index (χ0n) is 12.8. The molecule has 128 valence electrons. The van der Waals surface area contributed by atoms with Gasteiger partial charge in [0.05, 0.1) is 16.2 Å². The van der Waals surface area contributed by atoms with Gasteiger partial charge in [-0.2, -0.15) is 13.2 Å². The Labute approximate surface area is 141 Å². The third kappa shape index (κ3) is 3.28. The van der Waals surface area contributed by atoms with Crippen LogP contribution in [0.3, 0.4) is 0 Å². The number of amides is 2. The molecule has 0 aliphatic carbocycles. The summed E-state index contributed by atoms with van der Waals surface area (Å²) in [5.74, 6) is -0.806. The summed E-state index contributed by atoms with van der Waals surface area (Å²) in [5, 5.41) is 2.43. The molecule has 4 nitrogen and oxygen atoms in total. The van der Waals surface area contributed by atoms with E-state index in [1.165, 1.54) is 12.1 Å². The highest BCUT2D eigenvalue weighted by Gasteiger charge is 2.33. The number of hydrogen-bond donors (Lipinski definition) is 1. The molecule has 8 heteroatoms.